The van der Waals surface area contributed by atoms with Crippen LogP contribution in [0.1, 0.15) is 18.4 Å². The summed E-state index contributed by atoms with van der Waals surface area (Å²) in [5, 5.41) is 4.37. The first kappa shape index (κ1) is 18.7. The summed E-state index contributed by atoms with van der Waals surface area (Å²) in [6.45, 7) is 2.50. The number of likely N-dealkylation sites (N-methyl/N-ethyl adjacent to an activating group) is 1. The number of hydrogen-bond acceptors (Lipinski definition) is 4. The van der Waals surface area contributed by atoms with E-state index >= 15 is 0 Å². The minimum atomic E-state index is -0.0226. The number of hydrogen-bond donors (Lipinski definition) is 0. The van der Waals surface area contributed by atoms with Crippen LogP contribution < -0.4 is 0 Å². The lowest BCUT2D eigenvalue weighted by Gasteiger charge is -2.36. The summed E-state index contributed by atoms with van der Waals surface area (Å²) in [7, 11) is 3.48. The molecular formula is C21H27N5O2. The number of amides is 2. The maximum absolute atomic E-state index is 12.9. The fourth-order valence-corrected chi connectivity index (χ4v) is 4.27. The van der Waals surface area contributed by atoms with Gasteiger partial charge in [0, 0.05) is 52.2 Å². The van der Waals surface area contributed by atoms with E-state index in [2.05, 4.69) is 22.1 Å². The van der Waals surface area contributed by atoms with E-state index in [0.717, 1.165) is 38.2 Å². The summed E-state index contributed by atoms with van der Waals surface area (Å²) in [5.74, 6) is 0.0939. The Bertz CT molecular complexity index is 848. The third-order valence-corrected chi connectivity index (χ3v) is 5.81. The number of piperidine rings is 1. The maximum atomic E-state index is 12.9. The molecule has 2 bridgehead atoms. The molecule has 2 amide bonds. The number of carbonyl (C=O) groups excluding carboxylic acids is 2. The van der Waals surface area contributed by atoms with Crippen molar-refractivity contribution < 1.29 is 9.59 Å². The molecule has 3 aliphatic rings. The van der Waals surface area contributed by atoms with Crippen LogP contribution in [0.4, 0.5) is 0 Å². The first-order valence-corrected chi connectivity index (χ1v) is 9.84. The lowest BCUT2D eigenvalue weighted by atomic mass is 9.94. The Hall–Kier alpha value is -2.67. The van der Waals surface area contributed by atoms with Crippen LogP contribution in [0.3, 0.4) is 0 Å². The zero-order valence-corrected chi connectivity index (χ0v) is 16.5. The number of rotatable bonds is 5. The summed E-state index contributed by atoms with van der Waals surface area (Å²) < 4.78 is 1.88. The molecule has 4 heterocycles. The molecule has 2 atom stereocenters. The predicted molar refractivity (Wildman–Crippen MR) is 106 cm³/mol. The number of aromatic nitrogens is 2. The van der Waals surface area contributed by atoms with E-state index in [1.54, 1.807) is 25.2 Å². The van der Waals surface area contributed by atoms with Gasteiger partial charge in [0.1, 0.15) is 6.54 Å². The maximum Gasteiger partial charge on any atom is 0.241 e. The molecule has 0 saturated carbocycles. The lowest BCUT2D eigenvalue weighted by Crippen LogP contribution is -2.51. The van der Waals surface area contributed by atoms with Crippen molar-refractivity contribution in [3.8, 4) is 5.69 Å². The molecule has 7 nitrogen and oxygen atoms in total. The van der Waals surface area contributed by atoms with Crippen molar-refractivity contribution in [3.63, 3.8) is 0 Å². The first-order chi connectivity index (χ1) is 13.5. The largest absolute Gasteiger partial charge is 0.347 e. The number of carbonyl (C=O) groups is 2. The molecular weight excluding hydrogens is 354 g/mol. The highest BCUT2D eigenvalue weighted by molar-refractivity contribution is 5.86. The van der Waals surface area contributed by atoms with E-state index < -0.39 is 0 Å². The zero-order valence-electron chi connectivity index (χ0n) is 16.5. The third kappa shape index (κ3) is 3.67. The van der Waals surface area contributed by atoms with Gasteiger partial charge in [0.25, 0.3) is 0 Å². The average Bonchev–Trinajstić information content (AvgIpc) is 3.09. The Morgan fingerprint density at radius 2 is 2.00 bits per heavy atom. The summed E-state index contributed by atoms with van der Waals surface area (Å²) in [6.07, 6.45) is 5.60. The van der Waals surface area contributed by atoms with Crippen LogP contribution in [0.5, 0.6) is 0 Å². The Balaban J connectivity index is 1.53. The predicted octanol–water partition coefficient (Wildman–Crippen LogP) is 1.38. The van der Waals surface area contributed by atoms with Crippen LogP contribution in [0.15, 0.2) is 42.7 Å². The molecule has 0 spiro atoms. The van der Waals surface area contributed by atoms with Gasteiger partial charge in [-0.2, -0.15) is 5.10 Å². The molecule has 2 aromatic rings. The highest BCUT2D eigenvalue weighted by Gasteiger charge is 2.41. The molecule has 3 saturated heterocycles. The second-order valence-corrected chi connectivity index (χ2v) is 7.96. The van der Waals surface area contributed by atoms with E-state index in [-0.39, 0.29) is 30.3 Å². The molecule has 148 valence electrons. The number of benzene rings is 1. The molecule has 0 unspecified atom stereocenters. The summed E-state index contributed by atoms with van der Waals surface area (Å²) >= 11 is 0. The van der Waals surface area contributed by atoms with Crippen molar-refractivity contribution in [2.75, 3.05) is 33.7 Å². The molecule has 0 N–H and O–H groups in total. The van der Waals surface area contributed by atoms with Crippen molar-refractivity contribution in [3.05, 3.63) is 48.3 Å². The van der Waals surface area contributed by atoms with Crippen LogP contribution in [0.2, 0.25) is 0 Å². The van der Waals surface area contributed by atoms with E-state index in [0.29, 0.717) is 0 Å². The SMILES string of the molecule is CN(C)C(=O)CN1C(=O)[C@@H]2CC[C@H]1CN(Cc1ccccc1-n1cccn1)C2. The molecule has 0 aliphatic carbocycles. The van der Waals surface area contributed by atoms with Gasteiger partial charge in [-0.05, 0) is 30.5 Å². The van der Waals surface area contributed by atoms with Gasteiger partial charge in [0.05, 0.1) is 11.6 Å². The number of nitrogens with zero attached hydrogens (tertiary/aromatic N) is 5. The molecule has 1 aromatic heterocycles. The van der Waals surface area contributed by atoms with Gasteiger partial charge in [-0.1, -0.05) is 18.2 Å². The quantitative estimate of drug-likeness (QED) is 0.785. The van der Waals surface area contributed by atoms with Gasteiger partial charge >= 0.3 is 0 Å². The Morgan fingerprint density at radius 3 is 2.75 bits per heavy atom. The summed E-state index contributed by atoms with van der Waals surface area (Å²) in [6, 6.07) is 10.3. The Morgan fingerprint density at radius 1 is 1.18 bits per heavy atom. The second kappa shape index (κ2) is 7.75. The van der Waals surface area contributed by atoms with Gasteiger partial charge in [-0.25, -0.2) is 4.68 Å². The monoisotopic (exact) mass is 381 g/mol. The van der Waals surface area contributed by atoms with E-state index in [1.807, 2.05) is 34.0 Å². The van der Waals surface area contributed by atoms with Crippen LogP contribution in [-0.2, 0) is 16.1 Å². The molecule has 1 aromatic carbocycles. The van der Waals surface area contributed by atoms with E-state index in [1.165, 1.54) is 5.56 Å². The smallest absolute Gasteiger partial charge is 0.241 e. The molecule has 7 heteroatoms. The molecule has 3 fully saturated rings. The van der Waals surface area contributed by atoms with Gasteiger partial charge in [-0.3, -0.25) is 14.5 Å². The number of fused-ring (bicyclic) bond motifs is 4. The normalized spacial score (nSPS) is 22.4. The van der Waals surface area contributed by atoms with Crippen LogP contribution >= 0.6 is 0 Å². The van der Waals surface area contributed by atoms with Crippen molar-refractivity contribution in [2.45, 2.75) is 25.4 Å². The second-order valence-electron chi connectivity index (χ2n) is 7.96. The van der Waals surface area contributed by atoms with Gasteiger partial charge in [0.15, 0.2) is 0 Å². The highest BCUT2D eigenvalue weighted by Crippen LogP contribution is 2.30. The van der Waals surface area contributed by atoms with E-state index in [4.69, 9.17) is 0 Å². The summed E-state index contributed by atoms with van der Waals surface area (Å²) in [4.78, 5) is 30.9. The zero-order chi connectivity index (χ0) is 19.7. The molecule has 28 heavy (non-hydrogen) atoms. The van der Waals surface area contributed by atoms with Gasteiger partial charge in [-0.15, -0.1) is 0 Å². The van der Waals surface area contributed by atoms with E-state index in [9.17, 15) is 9.59 Å². The number of para-hydroxylation sites is 1. The van der Waals surface area contributed by atoms with Crippen molar-refractivity contribution in [2.24, 2.45) is 5.92 Å². The standard InChI is InChI=1S/C21H27N5O2/c1-23(2)20(27)15-25-18-9-8-17(21(25)28)13-24(14-18)12-16-6-3-4-7-19(16)26-11-5-10-22-26/h3-7,10-11,17-18H,8-9,12-15H2,1-2H3/t17-,18+/m1/s1. The average molecular weight is 381 g/mol. The van der Waals surface area contributed by atoms with Gasteiger partial charge < -0.3 is 9.80 Å². The highest BCUT2D eigenvalue weighted by atomic mass is 16.2. The van der Waals surface area contributed by atoms with Crippen LogP contribution in [0, 0.1) is 5.92 Å². The van der Waals surface area contributed by atoms with Crippen molar-refractivity contribution >= 4 is 11.8 Å². The molecule has 5 rings (SSSR count). The summed E-state index contributed by atoms with van der Waals surface area (Å²) in [5.41, 5.74) is 2.26. The van der Waals surface area contributed by atoms with Crippen molar-refractivity contribution in [1.82, 2.24) is 24.5 Å². The Kier molecular flexibility index (Phi) is 5.17. The minimum absolute atomic E-state index is 0.0172. The van der Waals surface area contributed by atoms with Gasteiger partial charge in [0.2, 0.25) is 11.8 Å². The lowest BCUT2D eigenvalue weighted by molar-refractivity contribution is -0.145. The van der Waals surface area contributed by atoms with Crippen molar-refractivity contribution in [1.29, 1.82) is 0 Å². The van der Waals surface area contributed by atoms with Crippen LogP contribution in [-0.4, -0.2) is 76.1 Å². The van der Waals surface area contributed by atoms with Crippen LogP contribution in [0.25, 0.3) is 5.69 Å². The fourth-order valence-electron chi connectivity index (χ4n) is 4.27. The first-order valence-electron chi connectivity index (χ1n) is 9.84. The topological polar surface area (TPSA) is 61.7 Å². The Labute approximate surface area is 165 Å². The molecule has 3 aliphatic heterocycles. The third-order valence-electron chi connectivity index (χ3n) is 5.81. The minimum Gasteiger partial charge on any atom is -0.347 e. The fraction of sp³-hybridized carbons (Fsp3) is 0.476. The molecule has 0 radical (unpaired) electrons.